The van der Waals surface area contributed by atoms with Crippen LogP contribution in [0.3, 0.4) is 0 Å². The smallest absolute Gasteiger partial charge is 0.422 e. The van der Waals surface area contributed by atoms with Crippen LogP contribution in [0.1, 0.15) is 48.8 Å². The fourth-order valence-corrected chi connectivity index (χ4v) is 5.45. The summed E-state index contributed by atoms with van der Waals surface area (Å²) < 4.78 is 73.5. The molecule has 3 aromatic rings. The fourth-order valence-electron chi connectivity index (χ4n) is 3.73. The molecule has 0 saturated carbocycles. The van der Waals surface area contributed by atoms with E-state index in [-0.39, 0.29) is 40.1 Å². The molecular weight excluding hydrogens is 517 g/mol. The first-order valence-corrected chi connectivity index (χ1v) is 13.1. The van der Waals surface area contributed by atoms with Gasteiger partial charge in [-0.15, -0.1) is 0 Å². The number of hydrogen-bond acceptors (Lipinski definition) is 8. The van der Waals surface area contributed by atoms with Gasteiger partial charge in [0.2, 0.25) is 0 Å². The third-order valence-electron chi connectivity index (χ3n) is 5.94. The van der Waals surface area contributed by atoms with Crippen molar-refractivity contribution in [3.63, 3.8) is 0 Å². The maximum atomic E-state index is 12.8. The van der Waals surface area contributed by atoms with Crippen molar-refractivity contribution in [2.75, 3.05) is 18.1 Å². The van der Waals surface area contributed by atoms with Crippen molar-refractivity contribution >= 4 is 21.3 Å². The summed E-state index contributed by atoms with van der Waals surface area (Å²) in [6.45, 7) is 1.65. The third kappa shape index (κ3) is 6.68. The normalized spacial score (nSPS) is 17.8. The van der Waals surface area contributed by atoms with E-state index in [0.29, 0.717) is 18.4 Å². The molecule has 0 bridgehead atoms. The zero-order chi connectivity index (χ0) is 27.0. The van der Waals surface area contributed by atoms with Gasteiger partial charge >= 0.3 is 6.18 Å². The molecule has 1 atom stereocenters. The quantitative estimate of drug-likeness (QED) is 0.465. The number of nitrogens with one attached hydrogen (secondary N) is 1. The molecule has 10 nitrogen and oxygen atoms in total. The molecule has 0 aliphatic carbocycles. The van der Waals surface area contributed by atoms with Gasteiger partial charge in [-0.2, -0.15) is 18.3 Å². The van der Waals surface area contributed by atoms with E-state index in [1.54, 1.807) is 6.92 Å². The van der Waals surface area contributed by atoms with Crippen LogP contribution >= 0.6 is 0 Å². The number of carbonyl (C=O) groups is 1. The van der Waals surface area contributed by atoms with Crippen LogP contribution in [0.15, 0.2) is 36.7 Å². The Labute approximate surface area is 210 Å². The molecule has 14 heteroatoms. The number of fused-ring (bicyclic) bond motifs is 1. The fraction of sp³-hybridized carbons (Fsp3) is 0.435. The van der Waals surface area contributed by atoms with Gasteiger partial charge in [0.05, 0.1) is 23.1 Å². The summed E-state index contributed by atoms with van der Waals surface area (Å²) in [6, 6.07) is 5.70. The van der Waals surface area contributed by atoms with Crippen LogP contribution in [-0.2, 0) is 9.84 Å². The molecular formula is C23H25F3N4O6S. The number of nitrogens with zero attached hydrogens (tertiary/aromatic N) is 3. The minimum absolute atomic E-state index is 0.00342. The van der Waals surface area contributed by atoms with E-state index in [1.165, 1.54) is 48.1 Å². The molecule has 3 aromatic heterocycles. The predicted molar refractivity (Wildman–Crippen MR) is 125 cm³/mol. The molecule has 0 spiro atoms. The number of hydrogen-bond donors (Lipinski definition) is 2. The molecule has 1 amide bonds. The van der Waals surface area contributed by atoms with Gasteiger partial charge in [0.1, 0.15) is 15.6 Å². The SMILES string of the molecule is C[C@H](O)c1cnc(Oc2ccn3nc(C(=O)NC4(C)CCS(=O)(=O)CC4)cc3c2)c(OCC(F)(F)F)c1. The number of aliphatic hydroxyl groups is 1. The van der Waals surface area contributed by atoms with E-state index < -0.39 is 40.2 Å². The van der Waals surface area contributed by atoms with Crippen molar-refractivity contribution in [3.05, 3.63) is 47.9 Å². The number of amides is 1. The average Bonchev–Trinajstić information content (AvgIpc) is 3.24. The highest BCUT2D eigenvalue weighted by Gasteiger charge is 2.35. The van der Waals surface area contributed by atoms with Crippen molar-refractivity contribution in [1.82, 2.24) is 19.9 Å². The van der Waals surface area contributed by atoms with Crippen molar-refractivity contribution in [2.24, 2.45) is 0 Å². The molecule has 4 rings (SSSR count). The van der Waals surface area contributed by atoms with E-state index >= 15 is 0 Å². The van der Waals surface area contributed by atoms with Gasteiger partial charge < -0.3 is 19.9 Å². The van der Waals surface area contributed by atoms with Crippen LogP contribution in [0.5, 0.6) is 17.4 Å². The Morgan fingerprint density at radius 3 is 2.62 bits per heavy atom. The van der Waals surface area contributed by atoms with Crippen LogP contribution in [-0.4, -0.2) is 63.9 Å². The molecule has 0 unspecified atom stereocenters. The largest absolute Gasteiger partial charge is 0.478 e. The van der Waals surface area contributed by atoms with E-state index in [9.17, 15) is 31.5 Å². The van der Waals surface area contributed by atoms with E-state index in [2.05, 4.69) is 15.4 Å². The first kappa shape index (κ1) is 26.7. The molecule has 1 aliphatic heterocycles. The summed E-state index contributed by atoms with van der Waals surface area (Å²) in [5.41, 5.74) is 0.122. The third-order valence-corrected chi connectivity index (χ3v) is 7.59. The summed E-state index contributed by atoms with van der Waals surface area (Å²) in [5, 5.41) is 16.8. The summed E-state index contributed by atoms with van der Waals surface area (Å²) in [5.74, 6) is -0.820. The Balaban J connectivity index is 1.53. The number of halogens is 3. The molecule has 1 aliphatic rings. The van der Waals surface area contributed by atoms with Crippen molar-refractivity contribution in [2.45, 2.75) is 44.5 Å². The van der Waals surface area contributed by atoms with Crippen LogP contribution in [0.2, 0.25) is 0 Å². The highest BCUT2D eigenvalue weighted by molar-refractivity contribution is 7.91. The van der Waals surface area contributed by atoms with Crippen molar-refractivity contribution < 1.29 is 41.0 Å². The van der Waals surface area contributed by atoms with Gasteiger partial charge in [-0.05, 0) is 44.9 Å². The molecule has 200 valence electrons. The highest BCUT2D eigenvalue weighted by Crippen LogP contribution is 2.33. The second kappa shape index (κ2) is 9.82. The maximum absolute atomic E-state index is 12.8. The monoisotopic (exact) mass is 542 g/mol. The van der Waals surface area contributed by atoms with Crippen LogP contribution in [0, 0.1) is 0 Å². The maximum Gasteiger partial charge on any atom is 0.422 e. The number of pyridine rings is 2. The second-order valence-corrected chi connectivity index (χ2v) is 11.5. The van der Waals surface area contributed by atoms with Crippen LogP contribution < -0.4 is 14.8 Å². The molecule has 0 radical (unpaired) electrons. The van der Waals surface area contributed by atoms with E-state index in [0.717, 1.165) is 0 Å². The predicted octanol–water partition coefficient (Wildman–Crippen LogP) is 3.21. The minimum Gasteiger partial charge on any atom is -0.478 e. The lowest BCUT2D eigenvalue weighted by Crippen LogP contribution is -2.51. The van der Waals surface area contributed by atoms with Gasteiger partial charge in [-0.1, -0.05) is 0 Å². The van der Waals surface area contributed by atoms with Gasteiger partial charge in [0.15, 0.2) is 18.1 Å². The number of alkyl halides is 3. The number of aliphatic hydroxyl groups excluding tert-OH is 1. The lowest BCUT2D eigenvalue weighted by Gasteiger charge is -2.34. The standard InChI is InChI=1S/C23H25F3N4O6S/c1-14(31)15-9-19(35-13-23(24,25)26)21(27-12-15)36-17-3-6-30-16(10-17)11-18(29-30)20(32)28-22(2)4-7-37(33,34)8-5-22/h3,6,9-12,14,31H,4-5,7-8,13H2,1-2H3,(H,28,32)/t14-/m0/s1. The molecule has 4 heterocycles. The van der Waals surface area contributed by atoms with Gasteiger partial charge in [0, 0.05) is 29.6 Å². The number of aromatic nitrogens is 3. The second-order valence-electron chi connectivity index (χ2n) is 9.18. The Morgan fingerprint density at radius 2 is 1.97 bits per heavy atom. The lowest BCUT2D eigenvalue weighted by atomic mass is 9.94. The number of sulfone groups is 1. The highest BCUT2D eigenvalue weighted by atomic mass is 32.2. The van der Waals surface area contributed by atoms with Gasteiger partial charge in [-0.25, -0.2) is 17.9 Å². The Kier molecular flexibility index (Phi) is 7.08. The summed E-state index contributed by atoms with van der Waals surface area (Å²) in [4.78, 5) is 16.8. The molecule has 0 aromatic carbocycles. The van der Waals surface area contributed by atoms with E-state index in [4.69, 9.17) is 9.47 Å². The van der Waals surface area contributed by atoms with Gasteiger partial charge in [0.25, 0.3) is 11.8 Å². The van der Waals surface area contributed by atoms with Crippen LogP contribution in [0.25, 0.3) is 5.52 Å². The number of rotatable bonds is 7. The molecule has 2 N–H and O–H groups in total. The summed E-state index contributed by atoms with van der Waals surface area (Å²) >= 11 is 0. The van der Waals surface area contributed by atoms with Crippen molar-refractivity contribution in [3.8, 4) is 17.4 Å². The zero-order valence-corrected chi connectivity index (χ0v) is 20.8. The Hall–Kier alpha value is -3.39. The lowest BCUT2D eigenvalue weighted by molar-refractivity contribution is -0.153. The number of ether oxygens (including phenoxy) is 2. The summed E-state index contributed by atoms with van der Waals surface area (Å²) in [7, 11) is -3.09. The zero-order valence-electron chi connectivity index (χ0n) is 19.9. The topological polar surface area (TPSA) is 132 Å². The summed E-state index contributed by atoms with van der Waals surface area (Å²) in [6.07, 6.45) is -2.22. The van der Waals surface area contributed by atoms with E-state index in [1.807, 2.05) is 0 Å². The molecule has 37 heavy (non-hydrogen) atoms. The van der Waals surface area contributed by atoms with Crippen LogP contribution in [0.4, 0.5) is 13.2 Å². The first-order chi connectivity index (χ1) is 17.2. The number of carbonyl (C=O) groups excluding carboxylic acids is 1. The van der Waals surface area contributed by atoms with Crippen molar-refractivity contribution in [1.29, 1.82) is 0 Å². The minimum atomic E-state index is -4.59. The molecule has 1 fully saturated rings. The first-order valence-electron chi connectivity index (χ1n) is 11.3. The Bertz CT molecular complexity index is 1410. The van der Waals surface area contributed by atoms with Gasteiger partial charge in [-0.3, -0.25) is 4.79 Å². The molecule has 1 saturated heterocycles. The Morgan fingerprint density at radius 1 is 1.27 bits per heavy atom. The average molecular weight is 543 g/mol.